The van der Waals surface area contributed by atoms with E-state index in [0.29, 0.717) is 17.7 Å². The molecule has 0 aliphatic rings. The van der Waals surface area contributed by atoms with Crippen LogP contribution in [-0.4, -0.2) is 13.2 Å². The summed E-state index contributed by atoms with van der Waals surface area (Å²) in [5, 5.41) is 3.30. The van der Waals surface area contributed by atoms with E-state index in [-0.39, 0.29) is 5.82 Å². The Morgan fingerprint density at radius 1 is 1.27 bits per heavy atom. The number of hydrogen-bond acceptors (Lipinski definition) is 2. The summed E-state index contributed by atoms with van der Waals surface area (Å²) < 4.78 is 18.0. The summed E-state index contributed by atoms with van der Waals surface area (Å²) in [6.45, 7) is 6.36. The Labute approximate surface area is 90.4 Å². The number of nitrogens with one attached hydrogen (secondary N) is 1. The highest BCUT2D eigenvalue weighted by molar-refractivity contribution is 5.56. The van der Waals surface area contributed by atoms with Gasteiger partial charge in [-0.15, -0.1) is 0 Å². The van der Waals surface area contributed by atoms with E-state index in [4.69, 9.17) is 4.74 Å². The number of halogens is 1. The normalized spacial score (nSPS) is 12.7. The third-order valence-corrected chi connectivity index (χ3v) is 2.55. The van der Waals surface area contributed by atoms with Crippen molar-refractivity contribution >= 4 is 5.69 Å². The van der Waals surface area contributed by atoms with Crippen molar-refractivity contribution < 1.29 is 9.13 Å². The van der Waals surface area contributed by atoms with Crippen LogP contribution in [0.5, 0.6) is 5.75 Å². The smallest absolute Gasteiger partial charge is 0.144 e. The molecule has 15 heavy (non-hydrogen) atoms. The quantitative estimate of drug-likeness (QED) is 0.825. The fourth-order valence-electron chi connectivity index (χ4n) is 1.20. The highest BCUT2D eigenvalue weighted by Gasteiger charge is 2.10. The lowest BCUT2D eigenvalue weighted by Crippen LogP contribution is -2.21. The molecule has 0 fully saturated rings. The van der Waals surface area contributed by atoms with Crippen molar-refractivity contribution in [2.45, 2.75) is 26.8 Å². The number of rotatable bonds is 4. The van der Waals surface area contributed by atoms with Gasteiger partial charge >= 0.3 is 0 Å². The number of hydrogen-bond donors (Lipinski definition) is 1. The molecule has 0 bridgehead atoms. The number of anilines is 1. The van der Waals surface area contributed by atoms with Crippen molar-refractivity contribution in [2.75, 3.05) is 12.4 Å². The van der Waals surface area contributed by atoms with E-state index in [2.05, 4.69) is 26.1 Å². The van der Waals surface area contributed by atoms with Crippen LogP contribution in [0.2, 0.25) is 0 Å². The second-order valence-electron chi connectivity index (χ2n) is 4.02. The van der Waals surface area contributed by atoms with E-state index >= 15 is 0 Å². The first-order valence-corrected chi connectivity index (χ1v) is 5.14. The molecule has 0 heterocycles. The van der Waals surface area contributed by atoms with Crippen molar-refractivity contribution in [1.82, 2.24) is 0 Å². The van der Waals surface area contributed by atoms with Gasteiger partial charge in [-0.3, -0.25) is 0 Å². The fraction of sp³-hybridized carbons (Fsp3) is 0.500. The van der Waals surface area contributed by atoms with Crippen LogP contribution in [0.4, 0.5) is 10.1 Å². The summed E-state index contributed by atoms with van der Waals surface area (Å²) >= 11 is 0. The van der Waals surface area contributed by atoms with E-state index in [1.54, 1.807) is 13.2 Å². The van der Waals surface area contributed by atoms with Crippen molar-refractivity contribution in [1.29, 1.82) is 0 Å². The van der Waals surface area contributed by atoms with Gasteiger partial charge in [0.15, 0.2) is 0 Å². The van der Waals surface area contributed by atoms with Crippen LogP contribution in [-0.2, 0) is 0 Å². The molecular formula is C12H18FNO. The Hall–Kier alpha value is -1.25. The summed E-state index contributed by atoms with van der Waals surface area (Å²) in [6, 6.07) is 4.84. The first kappa shape index (κ1) is 11.8. The Bertz CT molecular complexity index is 325. The summed E-state index contributed by atoms with van der Waals surface area (Å²) in [4.78, 5) is 0. The lowest BCUT2D eigenvalue weighted by molar-refractivity contribution is 0.411. The van der Waals surface area contributed by atoms with Crippen molar-refractivity contribution in [3.8, 4) is 5.75 Å². The molecule has 1 rings (SSSR count). The highest BCUT2D eigenvalue weighted by Crippen LogP contribution is 2.26. The molecular weight excluding hydrogens is 193 g/mol. The molecule has 0 spiro atoms. The summed E-state index contributed by atoms with van der Waals surface area (Å²) in [5.74, 6) is 0.775. The molecule has 1 unspecified atom stereocenters. The minimum Gasteiger partial charge on any atom is -0.494 e. The maximum Gasteiger partial charge on any atom is 0.144 e. The van der Waals surface area contributed by atoms with Crippen LogP contribution >= 0.6 is 0 Å². The zero-order valence-electron chi connectivity index (χ0n) is 9.67. The molecule has 1 atom stereocenters. The molecule has 0 aliphatic carbocycles. The first-order valence-electron chi connectivity index (χ1n) is 5.14. The van der Waals surface area contributed by atoms with Crippen molar-refractivity contribution in [2.24, 2.45) is 5.92 Å². The van der Waals surface area contributed by atoms with Crippen molar-refractivity contribution in [3.05, 3.63) is 24.0 Å². The molecule has 0 aromatic heterocycles. The standard InChI is InChI=1S/C12H18FNO/c1-8(2)9(3)14-11-6-5-10(13)7-12(11)15-4/h5-9,14H,1-4H3. The van der Waals surface area contributed by atoms with E-state index in [1.165, 1.54) is 12.1 Å². The molecule has 2 nitrogen and oxygen atoms in total. The van der Waals surface area contributed by atoms with Crippen LogP contribution in [0.1, 0.15) is 20.8 Å². The van der Waals surface area contributed by atoms with Gasteiger partial charge in [0.05, 0.1) is 12.8 Å². The average molecular weight is 211 g/mol. The second-order valence-corrected chi connectivity index (χ2v) is 4.02. The molecule has 0 radical (unpaired) electrons. The molecule has 0 saturated heterocycles. The first-order chi connectivity index (χ1) is 7.04. The Morgan fingerprint density at radius 2 is 1.93 bits per heavy atom. The lowest BCUT2D eigenvalue weighted by atomic mass is 10.1. The minimum atomic E-state index is -0.283. The second kappa shape index (κ2) is 5.01. The highest BCUT2D eigenvalue weighted by atomic mass is 19.1. The van der Waals surface area contributed by atoms with Crippen LogP contribution in [0.15, 0.2) is 18.2 Å². The molecule has 3 heteroatoms. The molecule has 1 N–H and O–H groups in total. The molecule has 0 saturated carbocycles. The van der Waals surface area contributed by atoms with Gasteiger partial charge in [-0.1, -0.05) is 13.8 Å². The predicted octanol–water partition coefficient (Wildman–Crippen LogP) is 3.29. The van der Waals surface area contributed by atoms with Crippen LogP contribution in [0, 0.1) is 11.7 Å². The van der Waals surface area contributed by atoms with Gasteiger partial charge in [-0.05, 0) is 25.0 Å². The van der Waals surface area contributed by atoms with E-state index in [9.17, 15) is 4.39 Å². The Morgan fingerprint density at radius 3 is 2.47 bits per heavy atom. The van der Waals surface area contributed by atoms with Gasteiger partial charge in [-0.2, -0.15) is 0 Å². The van der Waals surface area contributed by atoms with E-state index in [0.717, 1.165) is 5.69 Å². The minimum absolute atomic E-state index is 0.283. The largest absolute Gasteiger partial charge is 0.494 e. The van der Waals surface area contributed by atoms with Gasteiger partial charge in [-0.25, -0.2) is 4.39 Å². The summed E-state index contributed by atoms with van der Waals surface area (Å²) in [6.07, 6.45) is 0. The van der Waals surface area contributed by atoms with Gasteiger partial charge in [0, 0.05) is 12.1 Å². The average Bonchev–Trinajstić information content (AvgIpc) is 2.20. The van der Waals surface area contributed by atoms with Crippen LogP contribution in [0.25, 0.3) is 0 Å². The van der Waals surface area contributed by atoms with E-state index in [1.807, 2.05) is 0 Å². The SMILES string of the molecule is COc1cc(F)ccc1NC(C)C(C)C. The van der Waals surface area contributed by atoms with Gasteiger partial charge in [0.2, 0.25) is 0 Å². The number of benzene rings is 1. The zero-order valence-corrected chi connectivity index (χ0v) is 9.67. The molecule has 1 aromatic carbocycles. The van der Waals surface area contributed by atoms with E-state index < -0.39 is 0 Å². The monoisotopic (exact) mass is 211 g/mol. The lowest BCUT2D eigenvalue weighted by Gasteiger charge is -2.20. The van der Waals surface area contributed by atoms with Gasteiger partial charge in [0.1, 0.15) is 11.6 Å². The maximum absolute atomic E-state index is 12.9. The van der Waals surface area contributed by atoms with Crippen molar-refractivity contribution in [3.63, 3.8) is 0 Å². The maximum atomic E-state index is 12.9. The Kier molecular flexibility index (Phi) is 3.95. The summed E-state index contributed by atoms with van der Waals surface area (Å²) in [7, 11) is 1.54. The zero-order chi connectivity index (χ0) is 11.4. The topological polar surface area (TPSA) is 21.3 Å². The Balaban J connectivity index is 2.84. The molecule has 0 aliphatic heterocycles. The predicted molar refractivity (Wildman–Crippen MR) is 60.9 cm³/mol. The van der Waals surface area contributed by atoms with Crippen LogP contribution < -0.4 is 10.1 Å². The molecule has 0 amide bonds. The fourth-order valence-corrected chi connectivity index (χ4v) is 1.20. The number of ether oxygens (including phenoxy) is 1. The third-order valence-electron chi connectivity index (χ3n) is 2.55. The summed E-state index contributed by atoms with van der Waals surface area (Å²) in [5.41, 5.74) is 0.833. The molecule has 1 aromatic rings. The van der Waals surface area contributed by atoms with Gasteiger partial charge in [0.25, 0.3) is 0 Å². The van der Waals surface area contributed by atoms with Crippen LogP contribution in [0.3, 0.4) is 0 Å². The molecule has 84 valence electrons. The number of methoxy groups -OCH3 is 1. The van der Waals surface area contributed by atoms with Gasteiger partial charge < -0.3 is 10.1 Å². The third kappa shape index (κ3) is 3.11.